The fourth-order valence-corrected chi connectivity index (χ4v) is 1.79. The molecular formula is C13H22N2O2. The van der Waals surface area contributed by atoms with Crippen molar-refractivity contribution >= 4 is 6.09 Å². The van der Waals surface area contributed by atoms with Crippen molar-refractivity contribution in [1.29, 1.82) is 5.26 Å². The van der Waals surface area contributed by atoms with Crippen molar-refractivity contribution in [2.45, 2.75) is 58.6 Å². The van der Waals surface area contributed by atoms with Crippen LogP contribution in [-0.2, 0) is 4.74 Å². The second-order valence-corrected chi connectivity index (χ2v) is 5.66. The predicted molar refractivity (Wildman–Crippen MR) is 65.4 cm³/mol. The summed E-state index contributed by atoms with van der Waals surface area (Å²) < 4.78 is 5.37. The molecule has 1 unspecified atom stereocenters. The Balaban J connectivity index is 2.61. The van der Waals surface area contributed by atoms with E-state index in [2.05, 4.69) is 6.07 Å². The standard InChI is InChI=1S/C13H22N2O2/c1-10(11-6-7-11)15(9-5-8-14)12(16)17-13(2,3)4/h10-11H,5-7,9H2,1-4H3. The van der Waals surface area contributed by atoms with Gasteiger partial charge >= 0.3 is 6.09 Å². The maximum absolute atomic E-state index is 12.0. The first-order valence-corrected chi connectivity index (χ1v) is 6.21. The molecular weight excluding hydrogens is 216 g/mol. The quantitative estimate of drug-likeness (QED) is 0.756. The number of amides is 1. The van der Waals surface area contributed by atoms with Crippen molar-refractivity contribution in [2.24, 2.45) is 5.92 Å². The highest BCUT2D eigenvalue weighted by molar-refractivity contribution is 5.68. The molecule has 0 aliphatic heterocycles. The maximum Gasteiger partial charge on any atom is 0.410 e. The van der Waals surface area contributed by atoms with Crippen LogP contribution in [-0.4, -0.2) is 29.2 Å². The van der Waals surface area contributed by atoms with Crippen molar-refractivity contribution in [3.8, 4) is 6.07 Å². The molecule has 1 amide bonds. The summed E-state index contributed by atoms with van der Waals surface area (Å²) in [5.74, 6) is 0.584. The molecule has 4 heteroatoms. The molecule has 1 rings (SSSR count). The van der Waals surface area contributed by atoms with Crippen molar-refractivity contribution in [2.75, 3.05) is 6.54 Å². The Kier molecular flexibility index (Phi) is 4.39. The summed E-state index contributed by atoms with van der Waals surface area (Å²) in [5.41, 5.74) is -0.481. The average molecular weight is 238 g/mol. The van der Waals surface area contributed by atoms with E-state index in [1.807, 2.05) is 27.7 Å². The molecule has 1 fully saturated rings. The topological polar surface area (TPSA) is 53.3 Å². The van der Waals surface area contributed by atoms with E-state index in [1.165, 1.54) is 12.8 Å². The maximum atomic E-state index is 12.0. The number of carbonyl (C=O) groups excluding carboxylic acids is 1. The largest absolute Gasteiger partial charge is 0.444 e. The van der Waals surface area contributed by atoms with Crippen LogP contribution in [0.1, 0.15) is 47.0 Å². The van der Waals surface area contributed by atoms with Gasteiger partial charge in [0.1, 0.15) is 5.60 Å². The third kappa shape index (κ3) is 4.64. The zero-order chi connectivity index (χ0) is 13.1. The van der Waals surface area contributed by atoms with Gasteiger partial charge in [0, 0.05) is 12.6 Å². The van der Waals surface area contributed by atoms with Crippen molar-refractivity contribution in [1.82, 2.24) is 4.90 Å². The molecule has 0 N–H and O–H groups in total. The fourth-order valence-electron chi connectivity index (χ4n) is 1.79. The molecule has 1 aliphatic rings. The molecule has 1 atom stereocenters. The number of rotatable bonds is 4. The minimum absolute atomic E-state index is 0.179. The molecule has 1 saturated carbocycles. The summed E-state index contributed by atoms with van der Waals surface area (Å²) >= 11 is 0. The molecule has 0 heterocycles. The van der Waals surface area contributed by atoms with Gasteiger partial charge < -0.3 is 9.64 Å². The minimum atomic E-state index is -0.481. The highest BCUT2D eigenvalue weighted by Gasteiger charge is 2.35. The van der Waals surface area contributed by atoms with Gasteiger partial charge in [-0.1, -0.05) is 0 Å². The van der Waals surface area contributed by atoms with Gasteiger partial charge in [0.25, 0.3) is 0 Å². The van der Waals surface area contributed by atoms with Gasteiger partial charge in [0.15, 0.2) is 0 Å². The Morgan fingerprint density at radius 2 is 2.12 bits per heavy atom. The first kappa shape index (κ1) is 13.8. The van der Waals surface area contributed by atoms with Gasteiger partial charge in [-0.2, -0.15) is 5.26 Å². The molecule has 0 radical (unpaired) electrons. The van der Waals surface area contributed by atoms with Crippen LogP contribution in [0.2, 0.25) is 0 Å². The Morgan fingerprint density at radius 1 is 1.53 bits per heavy atom. The van der Waals surface area contributed by atoms with E-state index in [1.54, 1.807) is 4.90 Å². The first-order valence-electron chi connectivity index (χ1n) is 6.21. The Bertz CT molecular complexity index is 310. The summed E-state index contributed by atoms with van der Waals surface area (Å²) in [5, 5.41) is 8.64. The second kappa shape index (κ2) is 5.39. The molecule has 4 nitrogen and oxygen atoms in total. The number of nitriles is 1. The number of nitrogens with zero attached hydrogens (tertiary/aromatic N) is 2. The lowest BCUT2D eigenvalue weighted by molar-refractivity contribution is 0.0161. The van der Waals surface area contributed by atoms with Gasteiger partial charge in [-0.3, -0.25) is 0 Å². The minimum Gasteiger partial charge on any atom is -0.444 e. The van der Waals surface area contributed by atoms with E-state index < -0.39 is 5.60 Å². The Labute approximate surface area is 104 Å². The molecule has 0 aromatic rings. The molecule has 17 heavy (non-hydrogen) atoms. The molecule has 0 saturated heterocycles. The third-order valence-corrected chi connectivity index (χ3v) is 2.89. The zero-order valence-electron chi connectivity index (χ0n) is 11.2. The van der Waals surface area contributed by atoms with Gasteiger partial charge in [0.2, 0.25) is 0 Å². The van der Waals surface area contributed by atoms with Gasteiger partial charge in [-0.05, 0) is 46.5 Å². The van der Waals surface area contributed by atoms with E-state index in [0.717, 1.165) is 0 Å². The number of hydrogen-bond donors (Lipinski definition) is 0. The highest BCUT2D eigenvalue weighted by atomic mass is 16.6. The van der Waals surface area contributed by atoms with Crippen LogP contribution in [0.25, 0.3) is 0 Å². The SMILES string of the molecule is CC(C1CC1)N(CCC#N)C(=O)OC(C)(C)C. The van der Waals surface area contributed by atoms with E-state index in [-0.39, 0.29) is 12.1 Å². The summed E-state index contributed by atoms with van der Waals surface area (Å²) in [6.07, 6.45) is 2.41. The summed E-state index contributed by atoms with van der Waals surface area (Å²) in [6, 6.07) is 2.26. The second-order valence-electron chi connectivity index (χ2n) is 5.66. The van der Waals surface area contributed by atoms with E-state index in [9.17, 15) is 4.79 Å². The van der Waals surface area contributed by atoms with Crippen LogP contribution in [0.5, 0.6) is 0 Å². The number of hydrogen-bond acceptors (Lipinski definition) is 3. The normalized spacial score (nSPS) is 17.1. The van der Waals surface area contributed by atoms with E-state index in [0.29, 0.717) is 18.9 Å². The van der Waals surface area contributed by atoms with Crippen LogP contribution >= 0.6 is 0 Å². The average Bonchev–Trinajstić information content (AvgIpc) is 2.98. The third-order valence-electron chi connectivity index (χ3n) is 2.89. The van der Waals surface area contributed by atoms with E-state index in [4.69, 9.17) is 10.00 Å². The number of carbonyl (C=O) groups is 1. The van der Waals surface area contributed by atoms with Crippen LogP contribution < -0.4 is 0 Å². The van der Waals surface area contributed by atoms with Crippen LogP contribution in [0.4, 0.5) is 4.79 Å². The molecule has 1 aliphatic carbocycles. The first-order chi connectivity index (χ1) is 7.85. The molecule has 0 aromatic carbocycles. The van der Waals surface area contributed by atoms with Gasteiger partial charge in [0.05, 0.1) is 12.5 Å². The van der Waals surface area contributed by atoms with Crippen LogP contribution in [0, 0.1) is 17.2 Å². The fraction of sp³-hybridized carbons (Fsp3) is 0.846. The van der Waals surface area contributed by atoms with E-state index >= 15 is 0 Å². The zero-order valence-corrected chi connectivity index (χ0v) is 11.2. The lowest BCUT2D eigenvalue weighted by Gasteiger charge is -2.31. The molecule has 0 aromatic heterocycles. The molecule has 96 valence electrons. The summed E-state index contributed by atoms with van der Waals surface area (Å²) in [6.45, 7) is 8.07. The molecule has 0 bridgehead atoms. The Morgan fingerprint density at radius 3 is 2.53 bits per heavy atom. The monoisotopic (exact) mass is 238 g/mol. The van der Waals surface area contributed by atoms with Crippen LogP contribution in [0.15, 0.2) is 0 Å². The summed E-state index contributed by atoms with van der Waals surface area (Å²) in [4.78, 5) is 13.7. The van der Waals surface area contributed by atoms with Crippen molar-refractivity contribution in [3.63, 3.8) is 0 Å². The number of ether oxygens (including phenoxy) is 1. The smallest absolute Gasteiger partial charge is 0.410 e. The summed E-state index contributed by atoms with van der Waals surface area (Å²) in [7, 11) is 0. The lowest BCUT2D eigenvalue weighted by Crippen LogP contribution is -2.43. The van der Waals surface area contributed by atoms with Crippen LogP contribution in [0.3, 0.4) is 0 Å². The highest BCUT2D eigenvalue weighted by Crippen LogP contribution is 2.35. The van der Waals surface area contributed by atoms with Gasteiger partial charge in [-0.15, -0.1) is 0 Å². The van der Waals surface area contributed by atoms with Gasteiger partial charge in [-0.25, -0.2) is 4.79 Å². The van der Waals surface area contributed by atoms with Crippen molar-refractivity contribution in [3.05, 3.63) is 0 Å². The lowest BCUT2D eigenvalue weighted by atomic mass is 10.1. The Hall–Kier alpha value is -1.24. The molecule has 0 spiro atoms. The predicted octanol–water partition coefficient (Wildman–Crippen LogP) is 2.94. The van der Waals surface area contributed by atoms with Crippen molar-refractivity contribution < 1.29 is 9.53 Å².